The SMILES string of the molecule is COCc1noc(CN[C@H](C)[C@H]2CCCO2)n1. The summed E-state index contributed by atoms with van der Waals surface area (Å²) in [5, 5.41) is 7.13. The smallest absolute Gasteiger partial charge is 0.240 e. The number of hydrogen-bond acceptors (Lipinski definition) is 6. The van der Waals surface area contributed by atoms with E-state index in [1.165, 1.54) is 0 Å². The minimum Gasteiger partial charge on any atom is -0.377 e. The standard InChI is InChI=1S/C11H19N3O3/c1-8(9-4-3-5-16-9)12-6-11-13-10(7-15-2)14-17-11/h8-9,12H,3-7H2,1-2H3/t8-,9-/m1/s1. The lowest BCUT2D eigenvalue weighted by Gasteiger charge is -2.18. The topological polar surface area (TPSA) is 69.4 Å². The summed E-state index contributed by atoms with van der Waals surface area (Å²) in [6, 6.07) is 0.301. The number of rotatable bonds is 6. The van der Waals surface area contributed by atoms with Crippen LogP contribution in [0.25, 0.3) is 0 Å². The summed E-state index contributed by atoms with van der Waals surface area (Å²) in [5.74, 6) is 1.16. The molecule has 0 bridgehead atoms. The Balaban J connectivity index is 1.76. The molecule has 1 aromatic rings. The van der Waals surface area contributed by atoms with Crippen LogP contribution < -0.4 is 5.32 Å². The molecule has 0 saturated carbocycles. The van der Waals surface area contributed by atoms with E-state index >= 15 is 0 Å². The molecule has 96 valence electrons. The number of aromatic nitrogens is 2. The molecular formula is C11H19N3O3. The Kier molecular flexibility index (Phi) is 4.47. The second-order valence-electron chi connectivity index (χ2n) is 4.26. The number of hydrogen-bond donors (Lipinski definition) is 1. The number of methoxy groups -OCH3 is 1. The van der Waals surface area contributed by atoms with Gasteiger partial charge >= 0.3 is 0 Å². The van der Waals surface area contributed by atoms with Crippen molar-refractivity contribution in [2.24, 2.45) is 0 Å². The molecule has 0 unspecified atom stereocenters. The first-order valence-corrected chi connectivity index (χ1v) is 5.95. The maximum absolute atomic E-state index is 5.60. The van der Waals surface area contributed by atoms with Gasteiger partial charge in [-0.15, -0.1) is 0 Å². The van der Waals surface area contributed by atoms with Crippen LogP contribution >= 0.6 is 0 Å². The first-order chi connectivity index (χ1) is 8.29. The molecule has 1 fully saturated rings. The minimum absolute atomic E-state index is 0.301. The Morgan fingerprint density at radius 2 is 2.47 bits per heavy atom. The van der Waals surface area contributed by atoms with E-state index in [9.17, 15) is 0 Å². The van der Waals surface area contributed by atoms with Crippen molar-refractivity contribution in [3.8, 4) is 0 Å². The van der Waals surface area contributed by atoms with E-state index in [2.05, 4.69) is 22.4 Å². The molecule has 1 N–H and O–H groups in total. The first kappa shape index (κ1) is 12.5. The average Bonchev–Trinajstić information content (AvgIpc) is 2.97. The molecule has 17 heavy (non-hydrogen) atoms. The lowest BCUT2D eigenvalue weighted by molar-refractivity contribution is 0.0822. The van der Waals surface area contributed by atoms with Gasteiger partial charge in [0.25, 0.3) is 0 Å². The van der Waals surface area contributed by atoms with Crippen molar-refractivity contribution in [2.45, 2.75) is 45.1 Å². The Hall–Kier alpha value is -0.980. The maximum atomic E-state index is 5.60. The van der Waals surface area contributed by atoms with Crippen molar-refractivity contribution in [3.63, 3.8) is 0 Å². The summed E-state index contributed by atoms with van der Waals surface area (Å²) in [7, 11) is 1.60. The molecule has 0 spiro atoms. The van der Waals surface area contributed by atoms with Gasteiger partial charge in [-0.1, -0.05) is 5.16 Å². The minimum atomic E-state index is 0.301. The van der Waals surface area contributed by atoms with E-state index in [0.29, 0.717) is 37.0 Å². The fourth-order valence-electron chi connectivity index (χ4n) is 1.93. The zero-order valence-corrected chi connectivity index (χ0v) is 10.3. The van der Waals surface area contributed by atoms with Gasteiger partial charge in [0.05, 0.1) is 12.6 Å². The molecule has 2 rings (SSSR count). The lowest BCUT2D eigenvalue weighted by atomic mass is 10.1. The van der Waals surface area contributed by atoms with Gasteiger partial charge in [-0.05, 0) is 19.8 Å². The highest BCUT2D eigenvalue weighted by Crippen LogP contribution is 2.15. The van der Waals surface area contributed by atoms with Crippen molar-refractivity contribution in [1.29, 1.82) is 0 Å². The molecule has 1 aromatic heterocycles. The van der Waals surface area contributed by atoms with E-state index in [0.717, 1.165) is 19.4 Å². The fourth-order valence-corrected chi connectivity index (χ4v) is 1.93. The summed E-state index contributed by atoms with van der Waals surface area (Å²) in [5.41, 5.74) is 0. The van der Waals surface area contributed by atoms with Crippen LogP contribution in [0.3, 0.4) is 0 Å². The van der Waals surface area contributed by atoms with Crippen molar-refractivity contribution >= 4 is 0 Å². The molecule has 6 heteroatoms. The molecule has 1 saturated heterocycles. The van der Waals surface area contributed by atoms with Crippen LogP contribution in [0.5, 0.6) is 0 Å². The number of nitrogens with one attached hydrogen (secondary N) is 1. The molecule has 2 atom stereocenters. The molecule has 0 aromatic carbocycles. The van der Waals surface area contributed by atoms with E-state index < -0.39 is 0 Å². The van der Waals surface area contributed by atoms with Gasteiger partial charge in [-0.25, -0.2) is 0 Å². The summed E-state index contributed by atoms with van der Waals surface area (Å²) in [6.07, 6.45) is 2.57. The quantitative estimate of drug-likeness (QED) is 0.797. The van der Waals surface area contributed by atoms with Crippen molar-refractivity contribution in [1.82, 2.24) is 15.5 Å². The molecule has 0 aliphatic carbocycles. The first-order valence-electron chi connectivity index (χ1n) is 5.95. The van der Waals surface area contributed by atoms with Crippen LogP contribution in [0, 0.1) is 0 Å². The zero-order valence-electron chi connectivity index (χ0n) is 10.3. The molecule has 0 radical (unpaired) electrons. The third-order valence-electron chi connectivity index (χ3n) is 2.88. The number of nitrogens with zero attached hydrogens (tertiary/aromatic N) is 2. The van der Waals surface area contributed by atoms with Gasteiger partial charge < -0.3 is 19.3 Å². The van der Waals surface area contributed by atoms with Crippen LogP contribution in [0.4, 0.5) is 0 Å². The second-order valence-corrected chi connectivity index (χ2v) is 4.26. The molecule has 2 heterocycles. The van der Waals surface area contributed by atoms with E-state index in [1.807, 2.05) is 0 Å². The molecule has 0 amide bonds. The van der Waals surface area contributed by atoms with Gasteiger partial charge in [-0.3, -0.25) is 0 Å². The van der Waals surface area contributed by atoms with Crippen molar-refractivity contribution in [3.05, 3.63) is 11.7 Å². The van der Waals surface area contributed by atoms with Crippen LogP contribution in [-0.4, -0.2) is 36.0 Å². The van der Waals surface area contributed by atoms with Crippen LogP contribution in [-0.2, 0) is 22.6 Å². The second kappa shape index (κ2) is 6.09. The predicted octanol–water partition coefficient (Wildman–Crippen LogP) is 0.873. The molecule has 6 nitrogen and oxygen atoms in total. The summed E-state index contributed by atoms with van der Waals surface area (Å²) in [4.78, 5) is 4.19. The van der Waals surface area contributed by atoms with Crippen LogP contribution in [0.2, 0.25) is 0 Å². The lowest BCUT2D eigenvalue weighted by Crippen LogP contribution is -2.36. The van der Waals surface area contributed by atoms with Crippen molar-refractivity contribution in [2.75, 3.05) is 13.7 Å². The van der Waals surface area contributed by atoms with Crippen LogP contribution in [0.1, 0.15) is 31.5 Å². The number of ether oxygens (including phenoxy) is 2. The third kappa shape index (κ3) is 3.49. The summed E-state index contributed by atoms with van der Waals surface area (Å²) >= 11 is 0. The summed E-state index contributed by atoms with van der Waals surface area (Å²) in [6.45, 7) is 3.93. The van der Waals surface area contributed by atoms with Crippen molar-refractivity contribution < 1.29 is 14.0 Å². The average molecular weight is 241 g/mol. The van der Waals surface area contributed by atoms with E-state index in [1.54, 1.807) is 7.11 Å². The highest BCUT2D eigenvalue weighted by atomic mass is 16.5. The zero-order chi connectivity index (χ0) is 12.1. The monoisotopic (exact) mass is 241 g/mol. The Morgan fingerprint density at radius 3 is 3.18 bits per heavy atom. The van der Waals surface area contributed by atoms with E-state index in [4.69, 9.17) is 14.0 Å². The van der Waals surface area contributed by atoms with Crippen LogP contribution in [0.15, 0.2) is 4.52 Å². The normalized spacial score (nSPS) is 21.9. The third-order valence-corrected chi connectivity index (χ3v) is 2.88. The predicted molar refractivity (Wildman–Crippen MR) is 60.3 cm³/mol. The molecular weight excluding hydrogens is 222 g/mol. The molecule has 1 aliphatic heterocycles. The fraction of sp³-hybridized carbons (Fsp3) is 0.818. The highest BCUT2D eigenvalue weighted by Gasteiger charge is 2.22. The maximum Gasteiger partial charge on any atom is 0.240 e. The van der Waals surface area contributed by atoms with Gasteiger partial charge in [0.2, 0.25) is 5.89 Å². The Morgan fingerprint density at radius 1 is 1.59 bits per heavy atom. The molecule has 1 aliphatic rings. The Labute approximate surface area is 101 Å². The van der Waals surface area contributed by atoms with Gasteiger partial charge in [-0.2, -0.15) is 4.98 Å². The van der Waals surface area contributed by atoms with Gasteiger partial charge in [0, 0.05) is 19.8 Å². The highest BCUT2D eigenvalue weighted by molar-refractivity contribution is 4.85. The summed E-state index contributed by atoms with van der Waals surface area (Å²) < 4.78 is 15.6. The largest absolute Gasteiger partial charge is 0.377 e. The van der Waals surface area contributed by atoms with Gasteiger partial charge in [0.15, 0.2) is 5.82 Å². The van der Waals surface area contributed by atoms with E-state index in [-0.39, 0.29) is 0 Å². The Bertz CT molecular complexity index is 336. The van der Waals surface area contributed by atoms with Gasteiger partial charge in [0.1, 0.15) is 6.61 Å².